The van der Waals surface area contributed by atoms with E-state index in [0.29, 0.717) is 25.7 Å². The lowest BCUT2D eigenvalue weighted by Gasteiger charge is -2.36. The summed E-state index contributed by atoms with van der Waals surface area (Å²) in [6.45, 7) is 7.60. The van der Waals surface area contributed by atoms with Crippen molar-refractivity contribution in [3.63, 3.8) is 0 Å². The van der Waals surface area contributed by atoms with Crippen LogP contribution in [0.2, 0.25) is 0 Å². The number of carbonyl (C=O) groups is 2. The highest BCUT2D eigenvalue weighted by Gasteiger charge is 2.31. The van der Waals surface area contributed by atoms with E-state index >= 15 is 0 Å². The van der Waals surface area contributed by atoms with E-state index < -0.39 is 18.1 Å². The van der Waals surface area contributed by atoms with Crippen LogP contribution in [0.25, 0.3) is 0 Å². The van der Waals surface area contributed by atoms with Gasteiger partial charge in [0, 0.05) is 13.2 Å². The summed E-state index contributed by atoms with van der Waals surface area (Å²) in [5, 5.41) is 8.88. The summed E-state index contributed by atoms with van der Waals surface area (Å²) in [4.78, 5) is 24.7. The number of carboxylic acids is 1. The van der Waals surface area contributed by atoms with Gasteiger partial charge >= 0.3 is 5.97 Å². The minimum Gasteiger partial charge on any atom is -0.481 e. The van der Waals surface area contributed by atoms with E-state index in [4.69, 9.17) is 14.6 Å². The summed E-state index contributed by atoms with van der Waals surface area (Å²) < 4.78 is 10.8. The van der Waals surface area contributed by atoms with E-state index in [1.165, 1.54) is 0 Å². The molecule has 1 rings (SSSR count). The Balaban J connectivity index is 2.51. The van der Waals surface area contributed by atoms with Crippen molar-refractivity contribution in [2.45, 2.75) is 45.8 Å². The van der Waals surface area contributed by atoms with Gasteiger partial charge in [-0.05, 0) is 19.3 Å². The zero-order valence-corrected chi connectivity index (χ0v) is 12.5. The molecule has 1 aliphatic rings. The number of hydrogen-bond donors (Lipinski definition) is 1. The number of amides is 1. The summed E-state index contributed by atoms with van der Waals surface area (Å²) in [6.07, 6.45) is 0.271. The van der Waals surface area contributed by atoms with Crippen LogP contribution in [0.5, 0.6) is 0 Å². The molecule has 6 heteroatoms. The molecule has 1 aliphatic heterocycles. The lowest BCUT2D eigenvalue weighted by molar-refractivity contribution is -0.154. The van der Waals surface area contributed by atoms with Crippen molar-refractivity contribution >= 4 is 11.9 Å². The van der Waals surface area contributed by atoms with E-state index in [2.05, 4.69) is 13.8 Å². The summed E-state index contributed by atoms with van der Waals surface area (Å²) >= 11 is 0. The Labute approximate surface area is 120 Å². The fourth-order valence-electron chi connectivity index (χ4n) is 2.10. The maximum atomic E-state index is 12.3. The van der Waals surface area contributed by atoms with E-state index in [-0.39, 0.29) is 18.9 Å². The quantitative estimate of drug-likeness (QED) is 0.760. The SMILES string of the molecule is CC(C)CCOC(C)C(=O)N1CCOCC1CC(=O)O. The lowest BCUT2D eigenvalue weighted by atomic mass is 10.1. The second-order valence-corrected chi connectivity index (χ2v) is 5.55. The van der Waals surface area contributed by atoms with Gasteiger partial charge in [-0.3, -0.25) is 9.59 Å². The van der Waals surface area contributed by atoms with Crippen LogP contribution in [0.15, 0.2) is 0 Å². The molecule has 0 saturated carbocycles. The Kier molecular flexibility index (Phi) is 6.95. The van der Waals surface area contributed by atoms with Gasteiger partial charge in [-0.2, -0.15) is 0 Å². The van der Waals surface area contributed by atoms with Gasteiger partial charge in [0.1, 0.15) is 6.10 Å². The number of rotatable bonds is 7. The highest BCUT2D eigenvalue weighted by atomic mass is 16.5. The van der Waals surface area contributed by atoms with Gasteiger partial charge in [0.05, 0.1) is 25.7 Å². The predicted octanol–water partition coefficient (Wildman–Crippen LogP) is 1.14. The molecule has 6 nitrogen and oxygen atoms in total. The fraction of sp³-hybridized carbons (Fsp3) is 0.857. The third-order valence-electron chi connectivity index (χ3n) is 3.33. The van der Waals surface area contributed by atoms with Gasteiger partial charge in [-0.1, -0.05) is 13.8 Å². The van der Waals surface area contributed by atoms with Crippen molar-refractivity contribution < 1.29 is 24.2 Å². The van der Waals surface area contributed by atoms with Crippen LogP contribution in [0.1, 0.15) is 33.6 Å². The molecular weight excluding hydrogens is 262 g/mol. The van der Waals surface area contributed by atoms with Gasteiger partial charge in [0.25, 0.3) is 5.91 Å². The Morgan fingerprint density at radius 1 is 1.40 bits per heavy atom. The smallest absolute Gasteiger partial charge is 0.305 e. The van der Waals surface area contributed by atoms with Crippen LogP contribution in [-0.4, -0.2) is 60.4 Å². The lowest BCUT2D eigenvalue weighted by Crippen LogP contribution is -2.52. The molecule has 2 unspecified atom stereocenters. The molecule has 2 atom stereocenters. The molecule has 0 aromatic rings. The second kappa shape index (κ2) is 8.21. The second-order valence-electron chi connectivity index (χ2n) is 5.55. The van der Waals surface area contributed by atoms with Crippen LogP contribution >= 0.6 is 0 Å². The van der Waals surface area contributed by atoms with Gasteiger partial charge in [-0.15, -0.1) is 0 Å². The number of hydrogen-bond acceptors (Lipinski definition) is 4. The molecule has 1 saturated heterocycles. The monoisotopic (exact) mass is 287 g/mol. The number of carbonyl (C=O) groups excluding carboxylic acids is 1. The zero-order chi connectivity index (χ0) is 15.1. The summed E-state index contributed by atoms with van der Waals surface area (Å²) in [7, 11) is 0. The number of nitrogens with zero attached hydrogens (tertiary/aromatic N) is 1. The average Bonchev–Trinajstić information content (AvgIpc) is 2.37. The molecule has 0 spiro atoms. The summed E-state index contributed by atoms with van der Waals surface area (Å²) in [6, 6.07) is -0.398. The average molecular weight is 287 g/mol. The Morgan fingerprint density at radius 3 is 2.70 bits per heavy atom. The molecular formula is C14H25NO5. The third-order valence-corrected chi connectivity index (χ3v) is 3.33. The molecule has 20 heavy (non-hydrogen) atoms. The highest BCUT2D eigenvalue weighted by molar-refractivity contribution is 5.81. The van der Waals surface area contributed by atoms with Crippen LogP contribution in [0.3, 0.4) is 0 Å². The predicted molar refractivity (Wildman–Crippen MR) is 73.4 cm³/mol. The van der Waals surface area contributed by atoms with Crippen molar-refractivity contribution in [2.24, 2.45) is 5.92 Å². The third kappa shape index (κ3) is 5.46. The van der Waals surface area contributed by atoms with E-state index in [1.807, 2.05) is 0 Å². The largest absolute Gasteiger partial charge is 0.481 e. The standard InChI is InChI=1S/C14H25NO5/c1-10(2)4-6-20-11(3)14(18)15-5-7-19-9-12(15)8-13(16)17/h10-12H,4-9H2,1-3H3,(H,16,17). The molecule has 1 fully saturated rings. The van der Waals surface area contributed by atoms with Gasteiger partial charge < -0.3 is 19.5 Å². The molecule has 1 heterocycles. The maximum absolute atomic E-state index is 12.3. The maximum Gasteiger partial charge on any atom is 0.305 e. The zero-order valence-electron chi connectivity index (χ0n) is 12.5. The first-order chi connectivity index (χ1) is 9.41. The Bertz CT molecular complexity index is 332. The Hall–Kier alpha value is -1.14. The van der Waals surface area contributed by atoms with Gasteiger partial charge in [0.2, 0.25) is 0 Å². The van der Waals surface area contributed by atoms with Crippen molar-refractivity contribution in [2.75, 3.05) is 26.4 Å². The highest BCUT2D eigenvalue weighted by Crippen LogP contribution is 2.14. The van der Waals surface area contributed by atoms with Gasteiger partial charge in [-0.25, -0.2) is 0 Å². The van der Waals surface area contributed by atoms with E-state index in [0.717, 1.165) is 6.42 Å². The number of aliphatic carboxylic acids is 1. The van der Waals surface area contributed by atoms with Crippen LogP contribution in [-0.2, 0) is 19.1 Å². The normalized spacial score (nSPS) is 21.0. The number of carboxylic acid groups (broad SMARTS) is 1. The topological polar surface area (TPSA) is 76.1 Å². The molecule has 0 aromatic heterocycles. The number of ether oxygens (including phenoxy) is 2. The number of morpholine rings is 1. The van der Waals surface area contributed by atoms with Crippen molar-refractivity contribution in [1.29, 1.82) is 0 Å². The fourth-order valence-corrected chi connectivity index (χ4v) is 2.10. The molecule has 0 aromatic carbocycles. The molecule has 1 amide bonds. The minimum atomic E-state index is -0.924. The summed E-state index contributed by atoms with van der Waals surface area (Å²) in [5.74, 6) is -0.546. The first-order valence-electron chi connectivity index (χ1n) is 7.13. The molecule has 116 valence electrons. The van der Waals surface area contributed by atoms with Crippen molar-refractivity contribution in [3.8, 4) is 0 Å². The summed E-state index contributed by atoms with van der Waals surface area (Å²) in [5.41, 5.74) is 0. The van der Waals surface area contributed by atoms with Crippen molar-refractivity contribution in [1.82, 2.24) is 4.90 Å². The van der Waals surface area contributed by atoms with Gasteiger partial charge in [0.15, 0.2) is 0 Å². The molecule has 0 aliphatic carbocycles. The van der Waals surface area contributed by atoms with E-state index in [9.17, 15) is 9.59 Å². The van der Waals surface area contributed by atoms with E-state index in [1.54, 1.807) is 11.8 Å². The first-order valence-corrected chi connectivity index (χ1v) is 7.13. The van der Waals surface area contributed by atoms with Crippen LogP contribution < -0.4 is 0 Å². The minimum absolute atomic E-state index is 0.0928. The van der Waals surface area contributed by atoms with Crippen LogP contribution in [0, 0.1) is 5.92 Å². The Morgan fingerprint density at radius 2 is 2.10 bits per heavy atom. The molecule has 1 N–H and O–H groups in total. The van der Waals surface area contributed by atoms with Crippen molar-refractivity contribution in [3.05, 3.63) is 0 Å². The molecule has 0 bridgehead atoms. The first kappa shape index (κ1) is 16.9. The molecule has 0 radical (unpaired) electrons. The van der Waals surface area contributed by atoms with Crippen LogP contribution in [0.4, 0.5) is 0 Å².